The van der Waals surface area contributed by atoms with Crippen LogP contribution >= 0.6 is 11.3 Å². The predicted molar refractivity (Wildman–Crippen MR) is 83.1 cm³/mol. The van der Waals surface area contributed by atoms with Crippen LogP contribution in [0.5, 0.6) is 0 Å². The highest BCUT2D eigenvalue weighted by Gasteiger charge is 2.21. The first-order chi connectivity index (χ1) is 10.1. The standard InChI is InChI=1S/C13H18N4O2S2/c1-14-7-9-6-10(8-15-9)21(18,19)17-13-16-11-4-2-3-5-12(11)20-13/h6,8,14-15H,2-5,7H2,1H3,(H,16,17). The van der Waals surface area contributed by atoms with E-state index < -0.39 is 10.0 Å². The van der Waals surface area contributed by atoms with Gasteiger partial charge in [-0.25, -0.2) is 13.4 Å². The summed E-state index contributed by atoms with van der Waals surface area (Å²) in [5, 5.41) is 3.45. The number of sulfonamides is 1. The topological polar surface area (TPSA) is 86.9 Å². The minimum Gasteiger partial charge on any atom is -0.363 e. The van der Waals surface area contributed by atoms with Crippen LogP contribution in [-0.2, 0) is 29.4 Å². The molecule has 8 heteroatoms. The molecule has 0 radical (unpaired) electrons. The Morgan fingerprint density at radius 3 is 2.95 bits per heavy atom. The zero-order chi connectivity index (χ0) is 14.9. The van der Waals surface area contributed by atoms with E-state index >= 15 is 0 Å². The molecule has 2 heterocycles. The summed E-state index contributed by atoms with van der Waals surface area (Å²) >= 11 is 1.45. The van der Waals surface area contributed by atoms with Gasteiger partial charge in [0, 0.05) is 23.3 Å². The number of hydrogen-bond donors (Lipinski definition) is 3. The average molecular weight is 326 g/mol. The van der Waals surface area contributed by atoms with Gasteiger partial charge in [0.15, 0.2) is 5.13 Å². The Hall–Kier alpha value is -1.38. The molecule has 0 fully saturated rings. The molecule has 1 aliphatic carbocycles. The fraction of sp³-hybridized carbons (Fsp3) is 0.462. The highest BCUT2D eigenvalue weighted by atomic mass is 32.2. The molecular weight excluding hydrogens is 308 g/mol. The molecule has 3 N–H and O–H groups in total. The number of hydrogen-bond acceptors (Lipinski definition) is 5. The number of aryl methyl sites for hydroxylation is 2. The number of H-pyrrole nitrogens is 1. The summed E-state index contributed by atoms with van der Waals surface area (Å²) in [5.74, 6) is 0. The molecule has 2 aromatic rings. The van der Waals surface area contributed by atoms with Crippen molar-refractivity contribution in [3.05, 3.63) is 28.5 Å². The van der Waals surface area contributed by atoms with Crippen LogP contribution in [0.15, 0.2) is 17.2 Å². The monoisotopic (exact) mass is 326 g/mol. The first kappa shape index (κ1) is 14.6. The van der Waals surface area contributed by atoms with Crippen LogP contribution in [0.4, 0.5) is 5.13 Å². The van der Waals surface area contributed by atoms with Crippen molar-refractivity contribution < 1.29 is 8.42 Å². The molecule has 0 amide bonds. The molecule has 3 rings (SSSR count). The van der Waals surface area contributed by atoms with Crippen LogP contribution in [-0.4, -0.2) is 25.4 Å². The van der Waals surface area contributed by atoms with Crippen LogP contribution < -0.4 is 10.0 Å². The van der Waals surface area contributed by atoms with E-state index in [9.17, 15) is 8.42 Å². The number of anilines is 1. The van der Waals surface area contributed by atoms with Crippen molar-refractivity contribution in [1.82, 2.24) is 15.3 Å². The third-order valence-corrected chi connectivity index (χ3v) is 5.98. The van der Waals surface area contributed by atoms with Gasteiger partial charge in [0.1, 0.15) is 4.90 Å². The van der Waals surface area contributed by atoms with Crippen molar-refractivity contribution in [3.8, 4) is 0 Å². The Morgan fingerprint density at radius 1 is 1.38 bits per heavy atom. The maximum absolute atomic E-state index is 12.3. The lowest BCUT2D eigenvalue weighted by molar-refractivity contribution is 0.601. The molecule has 0 atom stereocenters. The van der Waals surface area contributed by atoms with Gasteiger partial charge in [0.2, 0.25) is 0 Å². The molecule has 6 nitrogen and oxygen atoms in total. The van der Waals surface area contributed by atoms with Crippen molar-refractivity contribution in [3.63, 3.8) is 0 Å². The summed E-state index contributed by atoms with van der Waals surface area (Å²) in [4.78, 5) is 8.81. The Balaban J connectivity index is 1.80. The summed E-state index contributed by atoms with van der Waals surface area (Å²) < 4.78 is 27.3. The van der Waals surface area contributed by atoms with Gasteiger partial charge in [-0.3, -0.25) is 4.72 Å². The summed E-state index contributed by atoms with van der Waals surface area (Å²) in [5.41, 5.74) is 1.88. The van der Waals surface area contributed by atoms with Gasteiger partial charge in [-0.15, -0.1) is 11.3 Å². The summed E-state index contributed by atoms with van der Waals surface area (Å²) in [6.45, 7) is 0.598. The largest absolute Gasteiger partial charge is 0.363 e. The van der Waals surface area contributed by atoms with Gasteiger partial charge < -0.3 is 10.3 Å². The third-order valence-electron chi connectivity index (χ3n) is 3.46. The molecule has 2 aromatic heterocycles. The van der Waals surface area contributed by atoms with E-state index in [0.717, 1.165) is 37.1 Å². The van der Waals surface area contributed by atoms with E-state index in [1.54, 1.807) is 6.07 Å². The van der Waals surface area contributed by atoms with Crippen molar-refractivity contribution in [1.29, 1.82) is 0 Å². The minimum absolute atomic E-state index is 0.237. The Morgan fingerprint density at radius 2 is 2.19 bits per heavy atom. The van der Waals surface area contributed by atoms with E-state index in [-0.39, 0.29) is 4.90 Å². The molecule has 0 saturated carbocycles. The first-order valence-corrected chi connectivity index (χ1v) is 9.22. The van der Waals surface area contributed by atoms with Crippen LogP contribution in [0, 0.1) is 0 Å². The SMILES string of the molecule is CNCc1cc(S(=O)(=O)Nc2nc3c(s2)CCCC3)c[nH]1. The van der Waals surface area contributed by atoms with Gasteiger partial charge in [0.25, 0.3) is 10.0 Å². The van der Waals surface area contributed by atoms with Gasteiger partial charge in [-0.2, -0.15) is 0 Å². The fourth-order valence-electron chi connectivity index (χ4n) is 2.44. The lowest BCUT2D eigenvalue weighted by Gasteiger charge is -2.06. The average Bonchev–Trinajstić information content (AvgIpc) is 3.04. The molecule has 1 aliphatic rings. The van der Waals surface area contributed by atoms with Crippen LogP contribution in [0.25, 0.3) is 0 Å². The number of nitrogens with one attached hydrogen (secondary N) is 3. The van der Waals surface area contributed by atoms with Crippen molar-refractivity contribution in [2.75, 3.05) is 11.8 Å². The number of nitrogens with zero attached hydrogens (tertiary/aromatic N) is 1. The quantitative estimate of drug-likeness (QED) is 0.783. The van der Waals surface area contributed by atoms with E-state index in [4.69, 9.17) is 0 Å². The maximum atomic E-state index is 12.3. The normalized spacial score (nSPS) is 14.9. The number of aromatic nitrogens is 2. The second-order valence-corrected chi connectivity index (χ2v) is 7.86. The molecule has 21 heavy (non-hydrogen) atoms. The first-order valence-electron chi connectivity index (χ1n) is 6.92. The summed E-state index contributed by atoms with van der Waals surface area (Å²) in [6.07, 6.45) is 5.75. The maximum Gasteiger partial charge on any atom is 0.265 e. The smallest absolute Gasteiger partial charge is 0.265 e. The molecule has 0 aliphatic heterocycles. The fourth-order valence-corrected chi connectivity index (χ4v) is 4.74. The van der Waals surface area contributed by atoms with Gasteiger partial charge >= 0.3 is 0 Å². The van der Waals surface area contributed by atoms with Crippen LogP contribution in [0.1, 0.15) is 29.1 Å². The van der Waals surface area contributed by atoms with Crippen LogP contribution in [0.2, 0.25) is 0 Å². The number of thiazole rings is 1. The highest BCUT2D eigenvalue weighted by Crippen LogP contribution is 2.30. The van der Waals surface area contributed by atoms with Crippen molar-refractivity contribution >= 4 is 26.5 Å². The number of rotatable bonds is 5. The Kier molecular flexibility index (Phi) is 4.01. The van der Waals surface area contributed by atoms with Crippen molar-refractivity contribution in [2.45, 2.75) is 37.1 Å². The molecule has 0 bridgehead atoms. The van der Waals surface area contributed by atoms with Gasteiger partial charge in [0.05, 0.1) is 5.69 Å². The zero-order valence-electron chi connectivity index (χ0n) is 11.8. The summed E-state index contributed by atoms with van der Waals surface area (Å²) in [7, 11) is -1.76. The minimum atomic E-state index is -3.57. The van der Waals surface area contributed by atoms with Crippen molar-refractivity contribution in [2.24, 2.45) is 0 Å². The second kappa shape index (κ2) is 5.78. The number of fused-ring (bicyclic) bond motifs is 1. The zero-order valence-corrected chi connectivity index (χ0v) is 13.4. The lowest BCUT2D eigenvalue weighted by atomic mass is 10.0. The molecule has 0 unspecified atom stereocenters. The Bertz CT molecular complexity index is 710. The molecule has 114 valence electrons. The molecular formula is C13H18N4O2S2. The predicted octanol–water partition coefficient (Wildman–Crippen LogP) is 1.87. The van der Waals surface area contributed by atoms with Gasteiger partial charge in [-0.1, -0.05) is 0 Å². The summed E-state index contributed by atoms with van der Waals surface area (Å²) in [6, 6.07) is 1.63. The second-order valence-electron chi connectivity index (χ2n) is 5.09. The van der Waals surface area contributed by atoms with Crippen LogP contribution in [0.3, 0.4) is 0 Å². The molecule has 0 saturated heterocycles. The lowest BCUT2D eigenvalue weighted by Crippen LogP contribution is -2.12. The van der Waals surface area contributed by atoms with E-state index in [0.29, 0.717) is 11.7 Å². The Labute approximate surface area is 128 Å². The number of aromatic amines is 1. The highest BCUT2D eigenvalue weighted by molar-refractivity contribution is 7.93. The van der Waals surface area contributed by atoms with E-state index in [1.165, 1.54) is 22.4 Å². The van der Waals surface area contributed by atoms with Gasteiger partial charge in [-0.05, 0) is 38.8 Å². The molecule has 0 spiro atoms. The van der Waals surface area contributed by atoms with E-state index in [2.05, 4.69) is 20.0 Å². The molecule has 0 aromatic carbocycles. The third kappa shape index (κ3) is 3.12. The van der Waals surface area contributed by atoms with E-state index in [1.807, 2.05) is 7.05 Å².